The van der Waals surface area contributed by atoms with Crippen LogP contribution in [0.25, 0.3) is 0 Å². The summed E-state index contributed by atoms with van der Waals surface area (Å²) in [5, 5.41) is 16.2. The number of anilines is 1. The van der Waals surface area contributed by atoms with Crippen molar-refractivity contribution in [1.82, 2.24) is 15.6 Å². The molecule has 3 atom stereocenters. The van der Waals surface area contributed by atoms with E-state index in [1.807, 2.05) is 12.1 Å². The van der Waals surface area contributed by atoms with E-state index >= 15 is 0 Å². The smallest absolute Gasteiger partial charge is 0.270 e. The Bertz CT molecular complexity index is 876. The molecule has 1 aromatic carbocycles. The number of carbonyl (C=O) groups excluding carboxylic acids is 2. The normalized spacial score (nSPS) is 24.0. The zero-order valence-corrected chi connectivity index (χ0v) is 15.5. The molecule has 1 aromatic heterocycles. The number of hydrogen-bond donors (Lipinski definition) is 4. The van der Waals surface area contributed by atoms with Crippen molar-refractivity contribution in [3.63, 3.8) is 0 Å². The monoisotopic (exact) mass is 380 g/mol. The summed E-state index contributed by atoms with van der Waals surface area (Å²) in [4.78, 5) is 29.0. The maximum atomic E-state index is 12.7. The minimum Gasteiger partial charge on any atom is -0.391 e. The predicted molar refractivity (Wildman–Crippen MR) is 104 cm³/mol. The van der Waals surface area contributed by atoms with Gasteiger partial charge in [-0.1, -0.05) is 30.3 Å². The largest absolute Gasteiger partial charge is 0.391 e. The number of aliphatic hydroxyl groups excluding tert-OH is 1. The second kappa shape index (κ2) is 7.59. The minimum atomic E-state index is -0.762. The minimum absolute atomic E-state index is 0.0596. The molecule has 0 spiro atoms. The molecule has 7 heteroatoms. The third-order valence-electron chi connectivity index (χ3n) is 5.62. The molecule has 2 aliphatic carbocycles. The van der Waals surface area contributed by atoms with E-state index in [1.165, 1.54) is 11.1 Å². The van der Waals surface area contributed by atoms with E-state index in [9.17, 15) is 14.7 Å². The average molecular weight is 380 g/mol. The van der Waals surface area contributed by atoms with Crippen LogP contribution in [0.1, 0.15) is 34.5 Å². The van der Waals surface area contributed by atoms with Gasteiger partial charge in [0.2, 0.25) is 5.91 Å². The standard InChI is InChI=1S/C21H24N4O3/c22-19-7-3-6-16(24-19)21(28)25-17-10-14(11-18(17)26)20(27)23-15-8-12-4-1-2-5-13(12)9-15/h1-7,14-15,17-18,26H,8-11H2,(H2,22,24)(H,23,27)(H,25,28)/t14-,17+,18+/m0/s1. The average Bonchev–Trinajstić information content (AvgIpc) is 3.24. The highest BCUT2D eigenvalue weighted by Gasteiger charge is 2.38. The van der Waals surface area contributed by atoms with Crippen molar-refractivity contribution in [2.75, 3.05) is 5.73 Å². The van der Waals surface area contributed by atoms with E-state index in [-0.39, 0.29) is 29.4 Å². The number of pyridine rings is 1. The van der Waals surface area contributed by atoms with Gasteiger partial charge in [0.25, 0.3) is 5.91 Å². The summed E-state index contributed by atoms with van der Waals surface area (Å²) in [6, 6.07) is 12.6. The summed E-state index contributed by atoms with van der Waals surface area (Å²) in [5.74, 6) is -0.522. The molecule has 0 unspecified atom stereocenters. The number of carbonyl (C=O) groups is 2. The van der Waals surface area contributed by atoms with Crippen LogP contribution in [0.3, 0.4) is 0 Å². The Morgan fingerprint density at radius 2 is 1.71 bits per heavy atom. The molecule has 146 valence electrons. The van der Waals surface area contributed by atoms with E-state index in [2.05, 4.69) is 27.8 Å². The fraction of sp³-hybridized carbons (Fsp3) is 0.381. The summed E-state index contributed by atoms with van der Waals surface area (Å²) >= 11 is 0. The third-order valence-corrected chi connectivity index (χ3v) is 5.62. The number of hydrogen-bond acceptors (Lipinski definition) is 5. The second-order valence-corrected chi connectivity index (χ2v) is 7.65. The van der Waals surface area contributed by atoms with Crippen LogP contribution in [-0.4, -0.2) is 40.1 Å². The number of rotatable bonds is 4. The molecule has 5 N–H and O–H groups in total. The molecular formula is C21H24N4O3. The Morgan fingerprint density at radius 1 is 1.00 bits per heavy atom. The van der Waals surface area contributed by atoms with E-state index in [0.717, 1.165) is 12.8 Å². The van der Waals surface area contributed by atoms with Gasteiger partial charge in [-0.15, -0.1) is 0 Å². The number of nitrogen functional groups attached to an aromatic ring is 1. The Morgan fingerprint density at radius 3 is 2.39 bits per heavy atom. The number of aromatic nitrogens is 1. The molecule has 1 fully saturated rings. The Hall–Kier alpha value is -2.93. The molecule has 1 saturated carbocycles. The highest BCUT2D eigenvalue weighted by Crippen LogP contribution is 2.28. The predicted octanol–water partition coefficient (Wildman–Crippen LogP) is 0.817. The lowest BCUT2D eigenvalue weighted by Gasteiger charge is -2.17. The topological polar surface area (TPSA) is 117 Å². The lowest BCUT2D eigenvalue weighted by atomic mass is 10.1. The van der Waals surface area contributed by atoms with Gasteiger partial charge < -0.3 is 21.5 Å². The number of nitrogens with zero attached hydrogens (tertiary/aromatic N) is 1. The molecule has 7 nitrogen and oxygen atoms in total. The van der Waals surface area contributed by atoms with Crippen LogP contribution >= 0.6 is 0 Å². The van der Waals surface area contributed by atoms with Gasteiger partial charge in [0.05, 0.1) is 12.1 Å². The zero-order valence-electron chi connectivity index (χ0n) is 15.5. The maximum absolute atomic E-state index is 12.7. The van der Waals surface area contributed by atoms with Gasteiger partial charge in [-0.05, 0) is 48.9 Å². The number of amides is 2. The molecule has 2 aliphatic rings. The van der Waals surface area contributed by atoms with Gasteiger partial charge in [0, 0.05) is 12.0 Å². The third kappa shape index (κ3) is 3.84. The van der Waals surface area contributed by atoms with E-state index in [0.29, 0.717) is 12.8 Å². The molecule has 4 rings (SSSR count). The highest BCUT2D eigenvalue weighted by atomic mass is 16.3. The first kappa shape index (κ1) is 18.4. The van der Waals surface area contributed by atoms with Crippen molar-refractivity contribution in [3.05, 3.63) is 59.3 Å². The Labute approximate surface area is 163 Å². The fourth-order valence-electron chi connectivity index (χ4n) is 4.19. The Kier molecular flexibility index (Phi) is 5.00. The van der Waals surface area contributed by atoms with Gasteiger partial charge in [-0.2, -0.15) is 0 Å². The molecule has 0 saturated heterocycles. The van der Waals surface area contributed by atoms with Crippen molar-refractivity contribution in [2.24, 2.45) is 5.92 Å². The fourth-order valence-corrected chi connectivity index (χ4v) is 4.19. The van der Waals surface area contributed by atoms with Crippen LogP contribution in [0.15, 0.2) is 42.5 Å². The SMILES string of the molecule is Nc1cccc(C(=O)N[C@@H]2C[C@H](C(=O)NC3Cc4ccccc4C3)C[C@H]2O)n1. The van der Waals surface area contributed by atoms with Crippen molar-refractivity contribution >= 4 is 17.6 Å². The van der Waals surface area contributed by atoms with Crippen LogP contribution in [0, 0.1) is 5.92 Å². The molecule has 0 radical (unpaired) electrons. The van der Waals surface area contributed by atoms with Crippen LogP contribution < -0.4 is 16.4 Å². The van der Waals surface area contributed by atoms with Gasteiger partial charge >= 0.3 is 0 Å². The first-order valence-electron chi connectivity index (χ1n) is 9.58. The maximum Gasteiger partial charge on any atom is 0.270 e. The molecule has 28 heavy (non-hydrogen) atoms. The molecular weight excluding hydrogens is 356 g/mol. The van der Waals surface area contributed by atoms with Gasteiger partial charge in [0.15, 0.2) is 0 Å². The molecule has 2 aromatic rings. The van der Waals surface area contributed by atoms with Crippen LogP contribution in [0.5, 0.6) is 0 Å². The van der Waals surface area contributed by atoms with Crippen LogP contribution in [-0.2, 0) is 17.6 Å². The molecule has 2 amide bonds. The lowest BCUT2D eigenvalue weighted by Crippen LogP contribution is -2.41. The Balaban J connectivity index is 1.32. The number of nitrogens with two attached hydrogens (primary N) is 1. The van der Waals surface area contributed by atoms with Gasteiger partial charge in [0.1, 0.15) is 11.5 Å². The summed E-state index contributed by atoms with van der Waals surface area (Å²) in [7, 11) is 0. The first-order valence-corrected chi connectivity index (χ1v) is 9.58. The molecule has 0 bridgehead atoms. The summed E-state index contributed by atoms with van der Waals surface area (Å²) < 4.78 is 0. The highest BCUT2D eigenvalue weighted by molar-refractivity contribution is 5.93. The summed E-state index contributed by atoms with van der Waals surface area (Å²) in [5.41, 5.74) is 8.36. The summed E-state index contributed by atoms with van der Waals surface area (Å²) in [6.45, 7) is 0. The van der Waals surface area contributed by atoms with Crippen LogP contribution in [0.2, 0.25) is 0 Å². The van der Waals surface area contributed by atoms with Crippen molar-refractivity contribution < 1.29 is 14.7 Å². The van der Waals surface area contributed by atoms with Crippen LogP contribution in [0.4, 0.5) is 5.82 Å². The molecule has 0 aliphatic heterocycles. The molecule has 1 heterocycles. The van der Waals surface area contributed by atoms with E-state index < -0.39 is 18.1 Å². The van der Waals surface area contributed by atoms with Crippen molar-refractivity contribution in [2.45, 2.75) is 43.9 Å². The number of fused-ring (bicyclic) bond motifs is 1. The van der Waals surface area contributed by atoms with Crippen molar-refractivity contribution in [3.8, 4) is 0 Å². The van der Waals surface area contributed by atoms with E-state index in [1.54, 1.807) is 18.2 Å². The lowest BCUT2D eigenvalue weighted by molar-refractivity contribution is -0.125. The number of aliphatic hydroxyl groups is 1. The number of nitrogens with one attached hydrogen (secondary N) is 2. The summed E-state index contributed by atoms with van der Waals surface area (Å²) in [6.07, 6.45) is 1.64. The number of benzene rings is 1. The van der Waals surface area contributed by atoms with Gasteiger partial charge in [-0.3, -0.25) is 9.59 Å². The van der Waals surface area contributed by atoms with E-state index in [4.69, 9.17) is 5.73 Å². The first-order chi connectivity index (χ1) is 13.5. The quantitative estimate of drug-likeness (QED) is 0.626. The van der Waals surface area contributed by atoms with Gasteiger partial charge in [-0.25, -0.2) is 4.98 Å². The second-order valence-electron chi connectivity index (χ2n) is 7.65. The zero-order chi connectivity index (χ0) is 19.7. The van der Waals surface area contributed by atoms with Crippen molar-refractivity contribution in [1.29, 1.82) is 0 Å².